The maximum absolute atomic E-state index is 13.2. The highest BCUT2D eigenvalue weighted by Crippen LogP contribution is 2.39. The van der Waals surface area contributed by atoms with Crippen LogP contribution in [0.2, 0.25) is 0 Å². The molecule has 2 aliphatic heterocycles. The molecule has 4 rings (SSSR count). The molecular formula is C28H39N7O6S. The van der Waals surface area contributed by atoms with E-state index in [0.717, 1.165) is 23.4 Å². The number of hydrogen-bond acceptors (Lipinski definition) is 10. The number of amides is 4. The number of benzene rings is 1. The molecule has 3 heterocycles. The molecule has 2 aliphatic rings. The minimum absolute atomic E-state index is 0.00700. The van der Waals surface area contributed by atoms with Crippen LogP contribution in [0, 0.1) is 0 Å². The summed E-state index contributed by atoms with van der Waals surface area (Å²) in [5.41, 5.74) is -0.462. The highest BCUT2D eigenvalue weighted by Gasteiger charge is 2.47. The highest BCUT2D eigenvalue weighted by atomic mass is 32.1. The van der Waals surface area contributed by atoms with Crippen LogP contribution in [0.1, 0.15) is 76.0 Å². The quantitative estimate of drug-likeness (QED) is 0.347. The van der Waals surface area contributed by atoms with Crippen LogP contribution in [0.3, 0.4) is 0 Å². The Labute approximate surface area is 249 Å². The second kappa shape index (κ2) is 13.0. The van der Waals surface area contributed by atoms with Gasteiger partial charge in [0, 0.05) is 19.5 Å². The Balaban J connectivity index is 1.35. The summed E-state index contributed by atoms with van der Waals surface area (Å²) in [6.07, 6.45) is 0.448. The molecular weight excluding hydrogens is 562 g/mol. The van der Waals surface area contributed by atoms with Crippen molar-refractivity contribution in [2.24, 2.45) is 4.99 Å². The third-order valence-corrected chi connectivity index (χ3v) is 7.22. The first-order chi connectivity index (χ1) is 19.8. The van der Waals surface area contributed by atoms with E-state index in [1.54, 1.807) is 46.4 Å². The summed E-state index contributed by atoms with van der Waals surface area (Å²) in [6.45, 7) is 11.5. The maximum Gasteiger partial charge on any atom is 0.414 e. The summed E-state index contributed by atoms with van der Waals surface area (Å²) < 4.78 is 10.6. The number of carbonyl (C=O) groups excluding carboxylic acids is 3. The molecule has 2 unspecified atom stereocenters. The summed E-state index contributed by atoms with van der Waals surface area (Å²) in [4.78, 5) is 49.8. The van der Waals surface area contributed by atoms with Gasteiger partial charge >= 0.3 is 18.2 Å². The predicted octanol–water partition coefficient (Wildman–Crippen LogP) is 4.56. The van der Waals surface area contributed by atoms with Crippen LogP contribution in [0.5, 0.6) is 0 Å². The van der Waals surface area contributed by atoms with Gasteiger partial charge in [0.15, 0.2) is 0 Å². The van der Waals surface area contributed by atoms with Crippen LogP contribution in [-0.2, 0) is 27.3 Å². The normalized spacial score (nSPS) is 18.5. The first-order valence-corrected chi connectivity index (χ1v) is 14.7. The van der Waals surface area contributed by atoms with Crippen molar-refractivity contribution in [1.82, 2.24) is 30.8 Å². The lowest BCUT2D eigenvalue weighted by Gasteiger charge is -2.28. The van der Waals surface area contributed by atoms with Gasteiger partial charge in [-0.3, -0.25) is 20.5 Å². The maximum atomic E-state index is 13.2. The number of urea groups is 1. The lowest BCUT2D eigenvalue weighted by molar-refractivity contribution is -0.140. The van der Waals surface area contributed by atoms with Crippen molar-refractivity contribution in [3.63, 3.8) is 0 Å². The second-order valence-electron chi connectivity index (χ2n) is 12.0. The van der Waals surface area contributed by atoms with Crippen molar-refractivity contribution in [1.29, 1.82) is 0 Å². The SMILES string of the molecule is CC(C)(C)OC(=O)NC(=NCCc1nnc(C2CCC3CN2C(=O)N3OCc2ccccc2)s1)NC(=O)OC(C)(C)C. The van der Waals surface area contributed by atoms with Crippen molar-refractivity contribution in [2.75, 3.05) is 13.1 Å². The summed E-state index contributed by atoms with van der Waals surface area (Å²) >= 11 is 1.42. The molecule has 0 aliphatic carbocycles. The van der Waals surface area contributed by atoms with Crippen LogP contribution in [0.4, 0.5) is 14.4 Å². The fraction of sp³-hybridized carbons (Fsp3) is 0.571. The zero-order valence-electron chi connectivity index (χ0n) is 24.9. The Morgan fingerprint density at radius 3 is 2.26 bits per heavy atom. The number of ether oxygens (including phenoxy) is 2. The standard InChI is InChI=1S/C28H39N7O6S/c1-27(2,3)40-24(36)30-23(31-25(37)41-28(4,5)6)29-15-14-21-32-33-22(42-21)20-13-12-19-16-34(20)26(38)35(19)39-17-18-10-8-7-9-11-18/h7-11,19-20H,12-17H2,1-6H3,(H2,29,30,31,36,37). The lowest BCUT2D eigenvalue weighted by atomic mass is 10.0. The van der Waals surface area contributed by atoms with Crippen LogP contribution in [0.25, 0.3) is 0 Å². The van der Waals surface area contributed by atoms with Crippen molar-refractivity contribution >= 4 is 35.5 Å². The average Bonchev–Trinajstić information content (AvgIpc) is 3.44. The van der Waals surface area contributed by atoms with Crippen molar-refractivity contribution in [2.45, 2.75) is 90.7 Å². The zero-order chi connectivity index (χ0) is 30.5. The number of nitrogens with one attached hydrogen (secondary N) is 2. The van der Waals surface area contributed by atoms with Crippen LogP contribution in [-0.4, -0.2) is 74.7 Å². The van der Waals surface area contributed by atoms with Gasteiger partial charge in [-0.15, -0.1) is 10.2 Å². The number of carbonyl (C=O) groups is 3. The lowest BCUT2D eigenvalue weighted by Crippen LogP contribution is -2.47. The summed E-state index contributed by atoms with van der Waals surface area (Å²) in [7, 11) is 0. The molecule has 0 spiro atoms. The van der Waals surface area contributed by atoms with Gasteiger partial charge in [0.2, 0.25) is 5.96 Å². The molecule has 0 saturated carbocycles. The molecule has 228 valence electrons. The minimum atomic E-state index is -0.761. The fourth-order valence-corrected chi connectivity index (χ4v) is 5.43. The molecule has 2 N–H and O–H groups in total. The molecule has 4 amide bonds. The monoisotopic (exact) mass is 601 g/mol. The van der Waals surface area contributed by atoms with E-state index in [0.29, 0.717) is 24.6 Å². The zero-order valence-corrected chi connectivity index (χ0v) is 25.7. The van der Waals surface area contributed by atoms with E-state index in [1.807, 2.05) is 30.3 Å². The van der Waals surface area contributed by atoms with Gasteiger partial charge in [0.25, 0.3) is 0 Å². The number of piperidine rings is 1. The van der Waals surface area contributed by atoms with E-state index in [2.05, 4.69) is 25.8 Å². The molecule has 14 heteroatoms. The Morgan fingerprint density at radius 2 is 1.64 bits per heavy atom. The van der Waals surface area contributed by atoms with Gasteiger partial charge in [0.1, 0.15) is 27.8 Å². The molecule has 42 heavy (non-hydrogen) atoms. The first kappa shape index (κ1) is 31.2. The van der Waals surface area contributed by atoms with Gasteiger partial charge in [-0.1, -0.05) is 41.7 Å². The number of aliphatic imine (C=N–C) groups is 1. The van der Waals surface area contributed by atoms with E-state index < -0.39 is 23.4 Å². The summed E-state index contributed by atoms with van der Waals surface area (Å²) in [6, 6.07) is 9.43. The minimum Gasteiger partial charge on any atom is -0.444 e. The second-order valence-corrected chi connectivity index (χ2v) is 13.1. The predicted molar refractivity (Wildman–Crippen MR) is 156 cm³/mol. The molecule has 2 saturated heterocycles. The molecule has 1 aromatic heterocycles. The van der Waals surface area contributed by atoms with E-state index >= 15 is 0 Å². The highest BCUT2D eigenvalue weighted by molar-refractivity contribution is 7.11. The number of hydroxylamine groups is 2. The largest absolute Gasteiger partial charge is 0.444 e. The van der Waals surface area contributed by atoms with Crippen LogP contribution < -0.4 is 10.6 Å². The van der Waals surface area contributed by atoms with Gasteiger partial charge in [-0.25, -0.2) is 14.4 Å². The molecule has 0 radical (unpaired) electrons. The van der Waals surface area contributed by atoms with E-state index in [9.17, 15) is 14.4 Å². The van der Waals surface area contributed by atoms with Crippen molar-refractivity contribution in [3.05, 3.63) is 45.9 Å². The van der Waals surface area contributed by atoms with Gasteiger partial charge < -0.3 is 14.4 Å². The Bertz CT molecular complexity index is 1260. The van der Waals surface area contributed by atoms with Crippen LogP contribution >= 0.6 is 11.3 Å². The van der Waals surface area contributed by atoms with Crippen LogP contribution in [0.15, 0.2) is 35.3 Å². The van der Waals surface area contributed by atoms with Crippen molar-refractivity contribution in [3.8, 4) is 0 Å². The number of guanidine groups is 1. The Kier molecular flexibility index (Phi) is 9.67. The van der Waals surface area contributed by atoms with Gasteiger partial charge in [-0.2, -0.15) is 5.06 Å². The Morgan fingerprint density at radius 1 is 1.00 bits per heavy atom. The molecule has 2 fully saturated rings. The third-order valence-electron chi connectivity index (χ3n) is 6.14. The number of rotatable bonds is 7. The molecule has 2 atom stereocenters. The van der Waals surface area contributed by atoms with Crippen molar-refractivity contribution < 1.29 is 28.7 Å². The Hall–Kier alpha value is -3.78. The molecule has 1 aromatic carbocycles. The van der Waals surface area contributed by atoms with Gasteiger partial charge in [0.05, 0.1) is 12.1 Å². The summed E-state index contributed by atoms with van der Waals surface area (Å²) in [5.74, 6) is -0.0974. The number of hydrogen-bond donors (Lipinski definition) is 2. The molecule has 2 bridgehead atoms. The van der Waals surface area contributed by atoms with Gasteiger partial charge in [-0.05, 0) is 59.9 Å². The number of alkyl carbamates (subject to hydrolysis) is 2. The summed E-state index contributed by atoms with van der Waals surface area (Å²) in [5, 5.41) is 16.6. The number of nitrogens with zero attached hydrogens (tertiary/aromatic N) is 5. The smallest absolute Gasteiger partial charge is 0.414 e. The van der Waals surface area contributed by atoms with E-state index in [-0.39, 0.29) is 30.6 Å². The fourth-order valence-electron chi connectivity index (χ4n) is 4.45. The number of fused-ring (bicyclic) bond motifs is 2. The molecule has 2 aromatic rings. The van der Waals surface area contributed by atoms with E-state index in [4.69, 9.17) is 14.3 Å². The molecule has 13 nitrogen and oxygen atoms in total. The number of aromatic nitrogens is 2. The average molecular weight is 602 g/mol. The first-order valence-electron chi connectivity index (χ1n) is 13.9. The third kappa shape index (κ3) is 8.86. The van der Waals surface area contributed by atoms with E-state index in [1.165, 1.54) is 16.4 Å². The topological polar surface area (TPSA) is 148 Å².